The summed E-state index contributed by atoms with van der Waals surface area (Å²) in [4.78, 5) is 6.89. The van der Waals surface area contributed by atoms with E-state index < -0.39 is 0 Å². The average Bonchev–Trinajstić information content (AvgIpc) is 2.20. The molecule has 0 radical (unpaired) electrons. The highest BCUT2D eigenvalue weighted by Crippen LogP contribution is 2.22. The Morgan fingerprint density at radius 2 is 2.00 bits per heavy atom. The highest BCUT2D eigenvalue weighted by molar-refractivity contribution is 5.51. The number of hydrogen-bond acceptors (Lipinski definition) is 3. The van der Waals surface area contributed by atoms with Crippen LogP contribution in [0.4, 0.5) is 5.82 Å². The Morgan fingerprint density at radius 3 is 2.50 bits per heavy atom. The van der Waals surface area contributed by atoms with Gasteiger partial charge in [0, 0.05) is 30.9 Å². The molecule has 0 spiro atoms. The summed E-state index contributed by atoms with van der Waals surface area (Å²) >= 11 is 0. The van der Waals surface area contributed by atoms with Crippen LogP contribution < -0.4 is 10.2 Å². The fourth-order valence-electron chi connectivity index (χ4n) is 1.78. The van der Waals surface area contributed by atoms with Crippen molar-refractivity contribution in [3.8, 4) is 0 Å². The molecule has 0 unspecified atom stereocenters. The molecule has 0 aliphatic heterocycles. The van der Waals surface area contributed by atoms with E-state index in [0.29, 0.717) is 6.04 Å². The molecule has 3 nitrogen and oxygen atoms in total. The molecule has 16 heavy (non-hydrogen) atoms. The number of rotatable bonds is 4. The van der Waals surface area contributed by atoms with Crippen LogP contribution in [0.3, 0.4) is 0 Å². The van der Waals surface area contributed by atoms with Crippen molar-refractivity contribution >= 4 is 5.82 Å². The van der Waals surface area contributed by atoms with Crippen molar-refractivity contribution < 1.29 is 0 Å². The fourth-order valence-corrected chi connectivity index (χ4v) is 1.78. The smallest absolute Gasteiger partial charge is 0.133 e. The normalized spacial score (nSPS) is 10.9. The van der Waals surface area contributed by atoms with Crippen molar-refractivity contribution in [2.75, 3.05) is 19.0 Å². The topological polar surface area (TPSA) is 28.2 Å². The molecule has 0 saturated heterocycles. The molecule has 1 heterocycles. The molecule has 0 aliphatic carbocycles. The first-order chi connectivity index (χ1) is 7.47. The van der Waals surface area contributed by atoms with E-state index in [0.717, 1.165) is 18.1 Å². The minimum absolute atomic E-state index is 0.462. The molecule has 0 bridgehead atoms. The molecule has 0 saturated carbocycles. The van der Waals surface area contributed by atoms with Gasteiger partial charge in [-0.2, -0.15) is 0 Å². The first-order valence-electron chi connectivity index (χ1n) is 5.82. The molecular weight excluding hydrogens is 198 g/mol. The summed E-state index contributed by atoms with van der Waals surface area (Å²) in [6.45, 7) is 9.43. The van der Waals surface area contributed by atoms with Crippen molar-refractivity contribution in [2.45, 2.75) is 40.3 Å². The highest BCUT2D eigenvalue weighted by atomic mass is 15.2. The average molecular weight is 221 g/mol. The molecule has 1 rings (SSSR count). The number of aromatic nitrogens is 1. The minimum Gasteiger partial charge on any atom is -0.357 e. The Labute approximate surface area is 98.9 Å². The lowest BCUT2D eigenvalue weighted by atomic mass is 10.1. The van der Waals surface area contributed by atoms with Gasteiger partial charge >= 0.3 is 0 Å². The second kappa shape index (κ2) is 5.30. The molecule has 1 aromatic rings. The minimum atomic E-state index is 0.462. The SMILES string of the molecule is CNCc1c(C)cc(C)nc1N(C)C(C)C. The van der Waals surface area contributed by atoms with Gasteiger partial charge in [0.05, 0.1) is 0 Å². The molecule has 90 valence electrons. The molecule has 0 aliphatic rings. The quantitative estimate of drug-likeness (QED) is 0.845. The molecule has 0 aromatic carbocycles. The lowest BCUT2D eigenvalue weighted by Crippen LogP contribution is -2.29. The monoisotopic (exact) mass is 221 g/mol. The lowest BCUT2D eigenvalue weighted by molar-refractivity contribution is 0.722. The fraction of sp³-hybridized carbons (Fsp3) is 0.615. The predicted molar refractivity (Wildman–Crippen MR) is 70.0 cm³/mol. The summed E-state index contributed by atoms with van der Waals surface area (Å²) in [5.74, 6) is 1.10. The van der Waals surface area contributed by atoms with Gasteiger partial charge in [-0.25, -0.2) is 4.98 Å². The molecule has 0 atom stereocenters. The molecule has 1 aromatic heterocycles. The zero-order valence-corrected chi connectivity index (χ0v) is 11.3. The third-order valence-electron chi connectivity index (χ3n) is 2.92. The third-order valence-corrected chi connectivity index (χ3v) is 2.92. The molecule has 3 heteroatoms. The van der Waals surface area contributed by atoms with Gasteiger partial charge in [-0.05, 0) is 46.4 Å². The zero-order valence-electron chi connectivity index (χ0n) is 11.3. The number of nitrogens with zero attached hydrogens (tertiary/aromatic N) is 2. The first kappa shape index (κ1) is 13.0. The van der Waals surface area contributed by atoms with Crippen LogP contribution in [0, 0.1) is 13.8 Å². The highest BCUT2D eigenvalue weighted by Gasteiger charge is 2.14. The van der Waals surface area contributed by atoms with Crippen LogP contribution >= 0.6 is 0 Å². The van der Waals surface area contributed by atoms with Gasteiger partial charge in [0.2, 0.25) is 0 Å². The summed E-state index contributed by atoms with van der Waals surface area (Å²) in [5, 5.41) is 3.21. The number of anilines is 1. The number of nitrogens with one attached hydrogen (secondary N) is 1. The van der Waals surface area contributed by atoms with E-state index in [1.165, 1.54) is 11.1 Å². The van der Waals surface area contributed by atoms with Crippen molar-refractivity contribution in [3.05, 3.63) is 22.9 Å². The maximum absolute atomic E-state index is 4.66. The maximum atomic E-state index is 4.66. The van der Waals surface area contributed by atoms with Crippen molar-refractivity contribution in [1.29, 1.82) is 0 Å². The summed E-state index contributed by atoms with van der Waals surface area (Å²) in [6, 6.07) is 2.61. The first-order valence-corrected chi connectivity index (χ1v) is 5.82. The van der Waals surface area contributed by atoms with Crippen molar-refractivity contribution in [3.63, 3.8) is 0 Å². The summed E-state index contributed by atoms with van der Waals surface area (Å²) in [7, 11) is 4.07. The zero-order chi connectivity index (χ0) is 12.3. The van der Waals surface area contributed by atoms with Crippen LogP contribution in [0.25, 0.3) is 0 Å². The number of aryl methyl sites for hydroxylation is 2. The van der Waals surface area contributed by atoms with Crippen molar-refractivity contribution in [2.24, 2.45) is 0 Å². The van der Waals surface area contributed by atoms with Crippen LogP contribution in [0.2, 0.25) is 0 Å². The second-order valence-corrected chi connectivity index (χ2v) is 4.62. The predicted octanol–water partition coefficient (Wildman–Crippen LogP) is 2.26. The summed E-state index contributed by atoms with van der Waals surface area (Å²) in [5.41, 5.74) is 3.69. The van der Waals surface area contributed by atoms with Crippen LogP contribution in [-0.2, 0) is 6.54 Å². The van der Waals surface area contributed by atoms with Crippen LogP contribution in [-0.4, -0.2) is 25.1 Å². The van der Waals surface area contributed by atoms with Gasteiger partial charge in [0.15, 0.2) is 0 Å². The molecule has 0 amide bonds. The Balaban J connectivity index is 3.23. The van der Waals surface area contributed by atoms with Gasteiger partial charge in [0.1, 0.15) is 5.82 Å². The van der Waals surface area contributed by atoms with Gasteiger partial charge < -0.3 is 10.2 Å². The Kier molecular flexibility index (Phi) is 4.30. The van der Waals surface area contributed by atoms with E-state index >= 15 is 0 Å². The van der Waals surface area contributed by atoms with E-state index in [9.17, 15) is 0 Å². The van der Waals surface area contributed by atoms with E-state index in [-0.39, 0.29) is 0 Å². The van der Waals surface area contributed by atoms with Crippen LogP contribution in [0.15, 0.2) is 6.07 Å². The summed E-state index contributed by atoms with van der Waals surface area (Å²) < 4.78 is 0. The molecule has 0 fully saturated rings. The Hall–Kier alpha value is -1.09. The van der Waals surface area contributed by atoms with E-state index in [4.69, 9.17) is 0 Å². The van der Waals surface area contributed by atoms with Gasteiger partial charge in [-0.3, -0.25) is 0 Å². The Morgan fingerprint density at radius 1 is 1.38 bits per heavy atom. The molecular formula is C13H23N3. The largest absolute Gasteiger partial charge is 0.357 e. The lowest BCUT2D eigenvalue weighted by Gasteiger charge is -2.26. The van der Waals surface area contributed by atoms with Crippen LogP contribution in [0.5, 0.6) is 0 Å². The Bertz CT molecular complexity index is 358. The van der Waals surface area contributed by atoms with E-state index in [2.05, 4.69) is 49.1 Å². The van der Waals surface area contributed by atoms with Crippen LogP contribution in [0.1, 0.15) is 30.7 Å². The van der Waals surface area contributed by atoms with E-state index in [1.807, 2.05) is 14.0 Å². The van der Waals surface area contributed by atoms with Gasteiger partial charge in [0.25, 0.3) is 0 Å². The third kappa shape index (κ3) is 2.73. The number of hydrogen-bond donors (Lipinski definition) is 1. The molecule has 1 N–H and O–H groups in total. The standard InChI is InChI=1S/C13H23N3/c1-9(2)16(6)13-12(8-14-5)10(3)7-11(4)15-13/h7,9,14H,8H2,1-6H3. The van der Waals surface area contributed by atoms with E-state index in [1.54, 1.807) is 0 Å². The summed E-state index contributed by atoms with van der Waals surface area (Å²) in [6.07, 6.45) is 0. The van der Waals surface area contributed by atoms with Gasteiger partial charge in [-0.1, -0.05) is 0 Å². The second-order valence-electron chi connectivity index (χ2n) is 4.62. The van der Waals surface area contributed by atoms with Crippen molar-refractivity contribution in [1.82, 2.24) is 10.3 Å². The number of pyridine rings is 1. The maximum Gasteiger partial charge on any atom is 0.133 e. The van der Waals surface area contributed by atoms with Gasteiger partial charge in [-0.15, -0.1) is 0 Å².